The topological polar surface area (TPSA) is 50.8 Å². The molecular weight excluding hydrogens is 384 g/mol. The standard InChI is InChI=1S/C25H36N6/c1-6-9-18(2)23(26-3)20-11-8-13-22(30(20)5)25-27-19-10-7-12-21(24(19)28-25)31-16-14-29(4)15-17-31/h6-7,9-10,12,20,22H,1,8,11,13-17H2,2-5H3,(H,27,28)/b18-9-,26-23+/t20-,22+/m0/s1. The number of H-pyrrole nitrogens is 1. The number of rotatable bonds is 5. The maximum atomic E-state index is 5.05. The molecule has 31 heavy (non-hydrogen) atoms. The van der Waals surface area contributed by atoms with E-state index in [4.69, 9.17) is 4.98 Å². The van der Waals surface area contributed by atoms with Crippen molar-refractivity contribution in [2.24, 2.45) is 4.99 Å². The Balaban J connectivity index is 1.63. The Morgan fingerprint density at radius 3 is 2.68 bits per heavy atom. The van der Waals surface area contributed by atoms with Gasteiger partial charge in [-0.2, -0.15) is 0 Å². The van der Waals surface area contributed by atoms with Crippen molar-refractivity contribution in [2.45, 2.75) is 38.3 Å². The highest BCUT2D eigenvalue weighted by atomic mass is 15.3. The van der Waals surface area contributed by atoms with E-state index in [-0.39, 0.29) is 6.04 Å². The minimum atomic E-state index is 0.264. The number of aliphatic imine (C=N–C) groups is 1. The molecule has 4 rings (SSSR count). The number of nitrogens with one attached hydrogen (secondary N) is 1. The van der Waals surface area contributed by atoms with Gasteiger partial charge < -0.3 is 14.8 Å². The van der Waals surface area contributed by atoms with E-state index in [1.807, 2.05) is 13.1 Å². The molecule has 1 aromatic heterocycles. The smallest absolute Gasteiger partial charge is 0.124 e. The molecule has 3 heterocycles. The molecule has 2 aliphatic heterocycles. The number of fused-ring (bicyclic) bond motifs is 1. The zero-order valence-electron chi connectivity index (χ0n) is 19.4. The molecule has 1 aromatic carbocycles. The van der Waals surface area contributed by atoms with Crippen LogP contribution in [0, 0.1) is 0 Å². The van der Waals surface area contributed by atoms with Crippen LogP contribution in [0.5, 0.6) is 0 Å². The van der Waals surface area contributed by atoms with Crippen molar-refractivity contribution >= 4 is 22.4 Å². The van der Waals surface area contributed by atoms with E-state index in [1.165, 1.54) is 23.2 Å². The normalized spacial score (nSPS) is 24.7. The lowest BCUT2D eigenvalue weighted by molar-refractivity contribution is 0.148. The summed E-state index contributed by atoms with van der Waals surface area (Å²) in [5.41, 5.74) is 5.86. The van der Waals surface area contributed by atoms with E-state index in [9.17, 15) is 0 Å². The zero-order chi connectivity index (χ0) is 22.0. The van der Waals surface area contributed by atoms with E-state index in [0.29, 0.717) is 6.04 Å². The first kappa shape index (κ1) is 21.8. The Bertz CT molecular complexity index is 979. The number of hydrogen-bond donors (Lipinski definition) is 1. The summed E-state index contributed by atoms with van der Waals surface area (Å²) < 4.78 is 0. The molecule has 0 radical (unpaired) electrons. The number of piperazine rings is 1. The first-order valence-electron chi connectivity index (χ1n) is 11.4. The summed E-state index contributed by atoms with van der Waals surface area (Å²) in [6.07, 6.45) is 7.30. The molecule has 6 nitrogen and oxygen atoms in total. The number of anilines is 1. The van der Waals surface area contributed by atoms with Crippen molar-refractivity contribution in [3.05, 3.63) is 48.3 Å². The number of allylic oxidation sites excluding steroid dienone is 2. The van der Waals surface area contributed by atoms with Crippen molar-refractivity contribution < 1.29 is 0 Å². The fourth-order valence-corrected chi connectivity index (χ4v) is 5.14. The molecule has 2 aromatic rings. The predicted molar refractivity (Wildman–Crippen MR) is 131 cm³/mol. The number of aromatic nitrogens is 2. The van der Waals surface area contributed by atoms with Crippen LogP contribution in [-0.4, -0.2) is 78.8 Å². The summed E-state index contributed by atoms with van der Waals surface area (Å²) in [5, 5.41) is 0. The molecule has 166 valence electrons. The zero-order valence-corrected chi connectivity index (χ0v) is 19.4. The molecule has 0 aliphatic carbocycles. The Kier molecular flexibility index (Phi) is 6.58. The highest BCUT2D eigenvalue weighted by molar-refractivity contribution is 6.03. The number of aromatic amines is 1. The number of hydrogen-bond acceptors (Lipinski definition) is 5. The van der Waals surface area contributed by atoms with Gasteiger partial charge in [0.2, 0.25) is 0 Å². The van der Waals surface area contributed by atoms with Gasteiger partial charge in [0.25, 0.3) is 0 Å². The molecule has 2 saturated heterocycles. The molecule has 0 spiro atoms. The first-order chi connectivity index (χ1) is 15.0. The van der Waals surface area contributed by atoms with Crippen LogP contribution in [0.2, 0.25) is 0 Å². The number of para-hydroxylation sites is 1. The summed E-state index contributed by atoms with van der Waals surface area (Å²) in [5.74, 6) is 1.07. The maximum absolute atomic E-state index is 5.05. The van der Waals surface area contributed by atoms with Crippen LogP contribution in [0.3, 0.4) is 0 Å². The molecule has 2 fully saturated rings. The lowest BCUT2D eigenvalue weighted by Crippen LogP contribution is -2.44. The largest absolute Gasteiger partial charge is 0.367 e. The van der Waals surface area contributed by atoms with Gasteiger partial charge in [0.1, 0.15) is 5.82 Å². The molecule has 0 bridgehead atoms. The van der Waals surface area contributed by atoms with Crippen LogP contribution in [0.25, 0.3) is 11.0 Å². The van der Waals surface area contributed by atoms with E-state index < -0.39 is 0 Å². The van der Waals surface area contributed by atoms with Crippen molar-refractivity contribution in [2.75, 3.05) is 52.2 Å². The average molecular weight is 421 g/mol. The van der Waals surface area contributed by atoms with Gasteiger partial charge in [-0.15, -0.1) is 0 Å². The first-order valence-corrected chi connectivity index (χ1v) is 11.4. The molecule has 0 saturated carbocycles. The summed E-state index contributed by atoms with van der Waals surface area (Å²) >= 11 is 0. The summed E-state index contributed by atoms with van der Waals surface area (Å²) in [6, 6.07) is 7.06. The third-order valence-electron chi connectivity index (χ3n) is 6.94. The third kappa shape index (κ3) is 4.32. The fraction of sp³-hybridized carbons (Fsp3) is 0.520. The van der Waals surface area contributed by atoms with Crippen molar-refractivity contribution in [1.29, 1.82) is 0 Å². The minimum absolute atomic E-state index is 0.264. The van der Waals surface area contributed by atoms with Gasteiger partial charge >= 0.3 is 0 Å². The van der Waals surface area contributed by atoms with Crippen LogP contribution in [0.1, 0.15) is 38.1 Å². The average Bonchev–Trinajstić information content (AvgIpc) is 3.20. The lowest BCUT2D eigenvalue weighted by Gasteiger charge is -2.39. The second kappa shape index (κ2) is 9.37. The lowest BCUT2D eigenvalue weighted by atomic mass is 9.90. The van der Waals surface area contributed by atoms with Gasteiger partial charge in [0, 0.05) is 33.2 Å². The number of benzene rings is 1. The quantitative estimate of drug-likeness (QED) is 0.586. The molecular formula is C25H36N6. The number of likely N-dealkylation sites (N-methyl/N-ethyl adjacent to an activating group) is 1. The second-order valence-electron chi connectivity index (χ2n) is 8.91. The third-order valence-corrected chi connectivity index (χ3v) is 6.94. The van der Waals surface area contributed by atoms with Gasteiger partial charge in [-0.1, -0.05) is 24.8 Å². The Morgan fingerprint density at radius 1 is 1.19 bits per heavy atom. The van der Waals surface area contributed by atoms with Gasteiger partial charge in [-0.05, 0) is 58.0 Å². The van der Waals surface area contributed by atoms with Crippen molar-refractivity contribution in [3.8, 4) is 0 Å². The highest BCUT2D eigenvalue weighted by Gasteiger charge is 2.34. The number of imidazole rings is 1. The van der Waals surface area contributed by atoms with Gasteiger partial charge in [-0.25, -0.2) is 4.98 Å². The molecule has 1 N–H and O–H groups in total. The SMILES string of the molecule is C=C/C=C(C)\C(=N/C)[C@@H]1CCC[C@H](c2nc3cccc(N4CCN(C)CC4)c3[nH]2)N1C. The van der Waals surface area contributed by atoms with E-state index >= 15 is 0 Å². The van der Waals surface area contributed by atoms with Crippen LogP contribution < -0.4 is 4.90 Å². The van der Waals surface area contributed by atoms with Gasteiger partial charge in [-0.3, -0.25) is 9.89 Å². The molecule has 0 amide bonds. The van der Waals surface area contributed by atoms with Crippen LogP contribution >= 0.6 is 0 Å². The monoisotopic (exact) mass is 420 g/mol. The minimum Gasteiger partial charge on any atom is -0.367 e. The van der Waals surface area contributed by atoms with E-state index in [1.54, 1.807) is 0 Å². The molecule has 6 heteroatoms. The van der Waals surface area contributed by atoms with Gasteiger partial charge in [0.05, 0.1) is 34.5 Å². The maximum Gasteiger partial charge on any atom is 0.124 e. The summed E-state index contributed by atoms with van der Waals surface area (Å²) in [6.45, 7) is 10.3. The molecule has 2 aliphatic rings. The number of likely N-dealkylation sites (tertiary alicyclic amines) is 1. The second-order valence-corrected chi connectivity index (χ2v) is 8.91. The summed E-state index contributed by atoms with van der Waals surface area (Å²) in [7, 11) is 6.31. The Morgan fingerprint density at radius 2 is 1.97 bits per heavy atom. The van der Waals surface area contributed by atoms with Crippen LogP contribution in [0.15, 0.2) is 47.5 Å². The highest BCUT2D eigenvalue weighted by Crippen LogP contribution is 2.35. The number of nitrogens with zero attached hydrogens (tertiary/aromatic N) is 5. The summed E-state index contributed by atoms with van der Waals surface area (Å²) in [4.78, 5) is 20.8. The van der Waals surface area contributed by atoms with E-state index in [0.717, 1.165) is 56.1 Å². The predicted octanol–water partition coefficient (Wildman–Crippen LogP) is 4.04. The Labute approximate surface area is 186 Å². The van der Waals surface area contributed by atoms with Crippen molar-refractivity contribution in [1.82, 2.24) is 19.8 Å². The fourth-order valence-electron chi connectivity index (χ4n) is 5.14. The van der Waals surface area contributed by atoms with Gasteiger partial charge in [0.15, 0.2) is 0 Å². The van der Waals surface area contributed by atoms with Crippen LogP contribution in [-0.2, 0) is 0 Å². The van der Waals surface area contributed by atoms with Crippen molar-refractivity contribution in [3.63, 3.8) is 0 Å². The van der Waals surface area contributed by atoms with E-state index in [2.05, 4.69) is 76.5 Å². The molecule has 2 atom stereocenters. The Hall–Kier alpha value is -2.44. The molecule has 0 unspecified atom stereocenters. The van der Waals surface area contributed by atoms with Crippen LogP contribution in [0.4, 0.5) is 5.69 Å². The number of piperidine rings is 1.